The molecule has 0 spiro atoms. The van der Waals surface area contributed by atoms with E-state index in [4.69, 9.17) is 4.74 Å². The number of fused-ring (bicyclic) bond motifs is 1. The third kappa shape index (κ3) is 1.78. The van der Waals surface area contributed by atoms with Gasteiger partial charge in [0.2, 0.25) is 5.88 Å². The molecule has 0 bridgehead atoms. The molecule has 1 aromatic heterocycles. The van der Waals surface area contributed by atoms with Crippen LogP contribution >= 0.6 is 0 Å². The molecule has 1 aliphatic heterocycles. The van der Waals surface area contributed by atoms with Crippen molar-refractivity contribution in [3.8, 4) is 5.88 Å². The third-order valence-corrected chi connectivity index (χ3v) is 2.52. The molecule has 0 radical (unpaired) electrons. The van der Waals surface area contributed by atoms with Crippen LogP contribution in [-0.2, 0) is 0 Å². The second-order valence-corrected chi connectivity index (χ2v) is 3.58. The van der Waals surface area contributed by atoms with Crippen LogP contribution < -0.4 is 4.74 Å². The largest absolute Gasteiger partial charge is 0.475 e. The maximum atomic E-state index is 5.61. The van der Waals surface area contributed by atoms with Gasteiger partial charge in [0.05, 0.1) is 12.1 Å². The summed E-state index contributed by atoms with van der Waals surface area (Å²) >= 11 is 0. The molecular weight excluding hydrogens is 202 g/mol. The molecule has 0 saturated carbocycles. The summed E-state index contributed by atoms with van der Waals surface area (Å²) in [7, 11) is 1.76. The van der Waals surface area contributed by atoms with Crippen LogP contribution in [0.1, 0.15) is 11.3 Å². The summed E-state index contributed by atoms with van der Waals surface area (Å²) in [5.41, 5.74) is 1.87. The lowest BCUT2D eigenvalue weighted by Crippen LogP contribution is -2.27. The van der Waals surface area contributed by atoms with E-state index >= 15 is 0 Å². The summed E-state index contributed by atoms with van der Waals surface area (Å²) in [5, 5.41) is 0. The van der Waals surface area contributed by atoms with E-state index in [0.29, 0.717) is 12.5 Å². The highest BCUT2D eigenvalue weighted by molar-refractivity contribution is 6.01. The quantitative estimate of drug-likeness (QED) is 0.717. The van der Waals surface area contributed by atoms with Gasteiger partial charge in [-0.3, -0.25) is 4.99 Å². The Kier molecular flexibility index (Phi) is 2.90. The minimum absolute atomic E-state index is 0.592. The number of aliphatic imine (C=N–C) groups is 1. The van der Waals surface area contributed by atoms with Crippen molar-refractivity contribution in [2.45, 2.75) is 6.92 Å². The molecular formula is C12H15N3O. The van der Waals surface area contributed by atoms with Crippen LogP contribution in [0.4, 0.5) is 0 Å². The van der Waals surface area contributed by atoms with Crippen LogP contribution in [0.2, 0.25) is 0 Å². The van der Waals surface area contributed by atoms with Crippen molar-refractivity contribution in [2.24, 2.45) is 4.99 Å². The van der Waals surface area contributed by atoms with Gasteiger partial charge in [-0.25, -0.2) is 4.98 Å². The third-order valence-electron chi connectivity index (χ3n) is 2.52. The first-order valence-electron chi connectivity index (χ1n) is 5.23. The summed E-state index contributed by atoms with van der Waals surface area (Å²) in [4.78, 5) is 10.6. The van der Waals surface area contributed by atoms with Gasteiger partial charge in [-0.15, -0.1) is 0 Å². The van der Waals surface area contributed by atoms with E-state index in [1.165, 1.54) is 0 Å². The van der Waals surface area contributed by atoms with Crippen molar-refractivity contribution < 1.29 is 4.74 Å². The van der Waals surface area contributed by atoms with Crippen LogP contribution in [0, 0.1) is 6.92 Å². The molecule has 0 N–H and O–H groups in total. The fraction of sp³-hybridized carbons (Fsp3) is 0.333. The Labute approximate surface area is 95.3 Å². The standard InChI is InChI=1S/C12H15N3O/c1-4-15-7-8-16-12-10(11(15)13-3)6-5-9(2)14-12/h4-6H,1,7-8H2,2-3H3. The Morgan fingerprint density at radius 3 is 3.06 bits per heavy atom. The summed E-state index contributed by atoms with van der Waals surface area (Å²) in [6, 6.07) is 3.95. The molecule has 0 amide bonds. The first kappa shape index (κ1) is 10.7. The molecule has 4 nitrogen and oxygen atoms in total. The fourth-order valence-corrected chi connectivity index (χ4v) is 1.74. The molecule has 1 aliphatic rings. The van der Waals surface area contributed by atoms with Gasteiger partial charge in [0.25, 0.3) is 0 Å². The highest BCUT2D eigenvalue weighted by atomic mass is 16.5. The topological polar surface area (TPSA) is 37.7 Å². The van der Waals surface area contributed by atoms with Crippen molar-refractivity contribution in [1.29, 1.82) is 0 Å². The molecule has 0 aliphatic carbocycles. The lowest BCUT2D eigenvalue weighted by molar-refractivity contribution is 0.291. The second-order valence-electron chi connectivity index (χ2n) is 3.58. The minimum Gasteiger partial charge on any atom is -0.475 e. The highest BCUT2D eigenvalue weighted by Crippen LogP contribution is 2.21. The Morgan fingerprint density at radius 2 is 2.38 bits per heavy atom. The van der Waals surface area contributed by atoms with E-state index in [0.717, 1.165) is 23.6 Å². The average Bonchev–Trinajstić information content (AvgIpc) is 2.46. The monoisotopic (exact) mass is 217 g/mol. The van der Waals surface area contributed by atoms with Gasteiger partial charge in [0.15, 0.2) is 0 Å². The normalized spacial score (nSPS) is 17.6. The van der Waals surface area contributed by atoms with Gasteiger partial charge >= 0.3 is 0 Å². The van der Waals surface area contributed by atoms with Gasteiger partial charge in [-0.05, 0) is 25.3 Å². The average molecular weight is 217 g/mol. The van der Waals surface area contributed by atoms with E-state index in [2.05, 4.69) is 16.6 Å². The Morgan fingerprint density at radius 1 is 1.56 bits per heavy atom. The molecule has 0 saturated heterocycles. The predicted octanol–water partition coefficient (Wildman–Crippen LogP) is 1.60. The Hall–Kier alpha value is -1.84. The van der Waals surface area contributed by atoms with Gasteiger partial charge in [-0.1, -0.05) is 6.58 Å². The number of hydrogen-bond donors (Lipinski definition) is 0. The van der Waals surface area contributed by atoms with Gasteiger partial charge in [0, 0.05) is 12.7 Å². The highest BCUT2D eigenvalue weighted by Gasteiger charge is 2.20. The number of ether oxygens (including phenoxy) is 1. The first-order chi connectivity index (χ1) is 7.76. The fourth-order valence-electron chi connectivity index (χ4n) is 1.74. The summed E-state index contributed by atoms with van der Waals surface area (Å²) in [6.45, 7) is 7.06. The molecule has 2 rings (SSSR count). The zero-order valence-corrected chi connectivity index (χ0v) is 9.60. The maximum Gasteiger partial charge on any atom is 0.224 e. The van der Waals surface area contributed by atoms with Crippen LogP contribution in [0.5, 0.6) is 5.88 Å². The molecule has 4 heteroatoms. The van der Waals surface area contributed by atoms with Crippen LogP contribution in [0.15, 0.2) is 29.9 Å². The lowest BCUT2D eigenvalue weighted by Gasteiger charge is -2.17. The molecule has 84 valence electrons. The van der Waals surface area contributed by atoms with E-state index in [-0.39, 0.29) is 0 Å². The summed E-state index contributed by atoms with van der Waals surface area (Å²) in [6.07, 6.45) is 1.76. The van der Waals surface area contributed by atoms with Crippen molar-refractivity contribution in [2.75, 3.05) is 20.2 Å². The maximum absolute atomic E-state index is 5.61. The number of rotatable bonds is 1. The first-order valence-corrected chi connectivity index (χ1v) is 5.23. The zero-order chi connectivity index (χ0) is 11.5. The van der Waals surface area contributed by atoms with E-state index in [1.54, 1.807) is 13.2 Å². The van der Waals surface area contributed by atoms with Crippen LogP contribution in [0.25, 0.3) is 0 Å². The SMILES string of the molecule is C=CN1CCOc2nc(C)ccc2C1=NC. The number of hydrogen-bond acceptors (Lipinski definition) is 3. The number of aromatic nitrogens is 1. The minimum atomic E-state index is 0.592. The zero-order valence-electron chi connectivity index (χ0n) is 9.60. The van der Waals surface area contributed by atoms with E-state index < -0.39 is 0 Å². The molecule has 0 fully saturated rings. The van der Waals surface area contributed by atoms with Crippen molar-refractivity contribution >= 4 is 5.84 Å². The molecule has 0 aromatic carbocycles. The second kappa shape index (κ2) is 4.35. The van der Waals surface area contributed by atoms with Crippen LogP contribution in [-0.4, -0.2) is 35.9 Å². The van der Waals surface area contributed by atoms with Crippen molar-refractivity contribution in [3.63, 3.8) is 0 Å². The Balaban J connectivity index is 2.53. The van der Waals surface area contributed by atoms with E-state index in [9.17, 15) is 0 Å². The lowest BCUT2D eigenvalue weighted by atomic mass is 10.2. The van der Waals surface area contributed by atoms with Gasteiger partial charge < -0.3 is 9.64 Å². The molecule has 16 heavy (non-hydrogen) atoms. The number of nitrogens with zero attached hydrogens (tertiary/aromatic N) is 3. The molecule has 1 aromatic rings. The number of pyridine rings is 1. The molecule has 2 heterocycles. The van der Waals surface area contributed by atoms with Crippen molar-refractivity contribution in [1.82, 2.24) is 9.88 Å². The Bertz CT molecular complexity index is 440. The van der Waals surface area contributed by atoms with Crippen molar-refractivity contribution in [3.05, 3.63) is 36.2 Å². The van der Waals surface area contributed by atoms with Crippen LogP contribution in [0.3, 0.4) is 0 Å². The molecule has 0 atom stereocenters. The van der Waals surface area contributed by atoms with E-state index in [1.807, 2.05) is 24.0 Å². The number of aryl methyl sites for hydroxylation is 1. The van der Waals surface area contributed by atoms with Gasteiger partial charge in [-0.2, -0.15) is 0 Å². The summed E-state index contributed by atoms with van der Waals surface area (Å²) < 4.78 is 5.61. The summed E-state index contributed by atoms with van der Waals surface area (Å²) in [5.74, 6) is 1.51. The number of amidine groups is 1. The molecule has 0 unspecified atom stereocenters. The smallest absolute Gasteiger partial charge is 0.224 e. The van der Waals surface area contributed by atoms with Gasteiger partial charge in [0.1, 0.15) is 12.4 Å². The predicted molar refractivity (Wildman–Crippen MR) is 63.8 cm³/mol.